The topological polar surface area (TPSA) is 73.7 Å². The van der Waals surface area contributed by atoms with Gasteiger partial charge in [0.25, 0.3) is 5.91 Å². The Labute approximate surface area is 184 Å². The molecule has 2 amide bonds. The molecule has 162 valence electrons. The fourth-order valence-electron chi connectivity index (χ4n) is 4.91. The molecule has 3 heterocycles. The Hall–Kier alpha value is -3.58. The Morgan fingerprint density at radius 1 is 1.06 bits per heavy atom. The van der Waals surface area contributed by atoms with Gasteiger partial charge >= 0.3 is 0 Å². The van der Waals surface area contributed by atoms with Gasteiger partial charge in [0.1, 0.15) is 12.4 Å². The molecule has 6 nitrogen and oxygen atoms in total. The third kappa shape index (κ3) is 3.35. The van der Waals surface area contributed by atoms with Crippen molar-refractivity contribution in [2.75, 3.05) is 19.7 Å². The van der Waals surface area contributed by atoms with E-state index in [0.29, 0.717) is 17.7 Å². The van der Waals surface area contributed by atoms with E-state index in [-0.39, 0.29) is 48.8 Å². The predicted octanol–water partition coefficient (Wildman–Crippen LogP) is 2.70. The number of fused-ring (bicyclic) bond motifs is 1. The van der Waals surface area contributed by atoms with Crippen LogP contribution in [0, 0.1) is 5.82 Å². The van der Waals surface area contributed by atoms with E-state index in [1.54, 1.807) is 52.5 Å². The third-order valence-electron chi connectivity index (χ3n) is 6.45. The lowest BCUT2D eigenvalue weighted by Crippen LogP contribution is -2.73. The van der Waals surface area contributed by atoms with Gasteiger partial charge in [0.2, 0.25) is 5.91 Å². The molecule has 32 heavy (non-hydrogen) atoms. The molecule has 3 aromatic rings. The maximum atomic E-state index is 14.1. The Morgan fingerprint density at radius 2 is 1.78 bits per heavy atom. The summed E-state index contributed by atoms with van der Waals surface area (Å²) in [4.78, 5) is 32.9. The number of aliphatic hydroxyl groups excluding tert-OH is 1. The number of benzene rings is 2. The first kappa shape index (κ1) is 20.3. The molecular weight excluding hydrogens is 409 g/mol. The number of halogens is 1. The summed E-state index contributed by atoms with van der Waals surface area (Å²) in [6.07, 6.45) is 3.10. The summed E-state index contributed by atoms with van der Waals surface area (Å²) < 4.78 is 14.1. The number of nitrogens with zero attached hydrogens (tertiary/aromatic N) is 3. The highest BCUT2D eigenvalue weighted by molar-refractivity contribution is 5.97. The van der Waals surface area contributed by atoms with Gasteiger partial charge in [-0.25, -0.2) is 4.39 Å². The van der Waals surface area contributed by atoms with Gasteiger partial charge in [-0.15, -0.1) is 0 Å². The summed E-state index contributed by atoms with van der Waals surface area (Å²) >= 11 is 0. The minimum atomic E-state index is -0.329. The predicted molar refractivity (Wildman–Crippen MR) is 116 cm³/mol. The minimum absolute atomic E-state index is 0.00685. The van der Waals surface area contributed by atoms with E-state index in [1.807, 2.05) is 24.3 Å². The normalized spacial score (nSPS) is 22.3. The molecule has 0 saturated carbocycles. The van der Waals surface area contributed by atoms with E-state index >= 15 is 0 Å². The largest absolute Gasteiger partial charge is 0.394 e. The molecule has 0 radical (unpaired) electrons. The second-order valence-electron chi connectivity index (χ2n) is 8.17. The molecule has 0 unspecified atom stereocenters. The maximum absolute atomic E-state index is 14.1. The molecule has 1 aromatic heterocycles. The van der Waals surface area contributed by atoms with E-state index in [9.17, 15) is 19.1 Å². The molecular formula is C25H22FN3O3. The highest BCUT2D eigenvalue weighted by Gasteiger charge is 2.54. The minimum Gasteiger partial charge on any atom is -0.394 e. The Kier molecular flexibility index (Phi) is 5.19. The highest BCUT2D eigenvalue weighted by Crippen LogP contribution is 2.43. The van der Waals surface area contributed by atoms with Crippen molar-refractivity contribution >= 4 is 11.8 Å². The van der Waals surface area contributed by atoms with Gasteiger partial charge in [0.15, 0.2) is 0 Å². The molecule has 2 fully saturated rings. The van der Waals surface area contributed by atoms with Crippen molar-refractivity contribution in [3.63, 3.8) is 0 Å². The van der Waals surface area contributed by atoms with E-state index in [2.05, 4.69) is 4.98 Å². The molecule has 1 N–H and O–H groups in total. The standard InChI is InChI=1S/C25H22FN3O3/c26-20-4-2-1-3-19(20)16-5-7-17(8-6-16)24-21-13-28(14-23(31)29(21)22(24)15-30)25(32)18-9-11-27-12-10-18/h1-12,21-22,24,30H,13-15H2/t21-,22-,24-/m0/s1. The maximum Gasteiger partial charge on any atom is 0.254 e. The van der Waals surface area contributed by atoms with Crippen LogP contribution in [0.15, 0.2) is 73.1 Å². The number of piperazine rings is 1. The van der Waals surface area contributed by atoms with Gasteiger partial charge in [-0.05, 0) is 29.3 Å². The van der Waals surface area contributed by atoms with E-state index < -0.39 is 0 Å². The molecule has 2 aromatic carbocycles. The fourth-order valence-corrected chi connectivity index (χ4v) is 4.91. The summed E-state index contributed by atoms with van der Waals surface area (Å²) in [5.41, 5.74) is 2.73. The van der Waals surface area contributed by atoms with Crippen LogP contribution in [0.1, 0.15) is 21.8 Å². The van der Waals surface area contributed by atoms with Crippen molar-refractivity contribution in [1.29, 1.82) is 0 Å². The summed E-state index contributed by atoms with van der Waals surface area (Å²) in [6.45, 7) is 0.233. The second-order valence-corrected chi connectivity index (χ2v) is 8.17. The summed E-state index contributed by atoms with van der Waals surface area (Å²) in [7, 11) is 0. The van der Waals surface area contributed by atoms with E-state index in [0.717, 1.165) is 11.1 Å². The van der Waals surface area contributed by atoms with Crippen LogP contribution in [0.5, 0.6) is 0 Å². The van der Waals surface area contributed by atoms with Gasteiger partial charge in [-0.1, -0.05) is 42.5 Å². The van der Waals surface area contributed by atoms with Crippen LogP contribution in [0.2, 0.25) is 0 Å². The lowest BCUT2D eigenvalue weighted by atomic mass is 9.73. The van der Waals surface area contributed by atoms with Crippen molar-refractivity contribution in [1.82, 2.24) is 14.8 Å². The molecule has 0 spiro atoms. The van der Waals surface area contributed by atoms with Crippen LogP contribution < -0.4 is 0 Å². The molecule has 7 heteroatoms. The number of aliphatic hydroxyl groups is 1. The molecule has 0 aliphatic carbocycles. The lowest BCUT2D eigenvalue weighted by molar-refractivity contribution is -0.159. The molecule has 2 aliphatic heterocycles. The number of aromatic nitrogens is 1. The first-order valence-electron chi connectivity index (χ1n) is 10.5. The zero-order chi connectivity index (χ0) is 22.2. The first-order chi connectivity index (χ1) is 15.6. The Morgan fingerprint density at radius 3 is 2.47 bits per heavy atom. The average molecular weight is 431 g/mol. The second kappa shape index (κ2) is 8.16. The van der Waals surface area contributed by atoms with Crippen molar-refractivity contribution in [2.45, 2.75) is 18.0 Å². The molecule has 0 bridgehead atoms. The van der Waals surface area contributed by atoms with E-state index in [1.165, 1.54) is 6.07 Å². The number of hydrogen-bond acceptors (Lipinski definition) is 4. The van der Waals surface area contributed by atoms with Gasteiger partial charge in [-0.3, -0.25) is 14.6 Å². The van der Waals surface area contributed by atoms with Crippen molar-refractivity contribution in [3.05, 3.63) is 90.0 Å². The van der Waals surface area contributed by atoms with Crippen LogP contribution in [0.4, 0.5) is 4.39 Å². The lowest BCUT2D eigenvalue weighted by Gasteiger charge is -2.58. The SMILES string of the molecule is O=C(c1ccncc1)N1CC(=O)N2[C@@H](CO)[C@@H](c3ccc(-c4ccccc4F)cc3)[C@@H]2C1. The van der Waals surface area contributed by atoms with Crippen LogP contribution >= 0.6 is 0 Å². The molecule has 3 atom stereocenters. The van der Waals surface area contributed by atoms with Crippen molar-refractivity contribution in [3.8, 4) is 11.1 Å². The number of hydrogen-bond donors (Lipinski definition) is 1. The van der Waals surface area contributed by atoms with Crippen molar-refractivity contribution in [2.24, 2.45) is 0 Å². The van der Waals surface area contributed by atoms with Gasteiger partial charge < -0.3 is 14.9 Å². The van der Waals surface area contributed by atoms with Crippen LogP contribution in [-0.2, 0) is 4.79 Å². The van der Waals surface area contributed by atoms with Gasteiger partial charge in [0, 0.05) is 36.0 Å². The summed E-state index contributed by atoms with van der Waals surface area (Å²) in [5.74, 6) is -0.762. The average Bonchev–Trinajstić information content (AvgIpc) is 2.81. The zero-order valence-electron chi connectivity index (χ0n) is 17.3. The van der Waals surface area contributed by atoms with Crippen molar-refractivity contribution < 1.29 is 19.1 Å². The van der Waals surface area contributed by atoms with Crippen LogP contribution in [0.3, 0.4) is 0 Å². The number of carbonyl (C=O) groups is 2. The summed E-state index contributed by atoms with van der Waals surface area (Å²) in [5, 5.41) is 9.97. The smallest absolute Gasteiger partial charge is 0.254 e. The number of carbonyl (C=O) groups excluding carboxylic acids is 2. The van der Waals surface area contributed by atoms with Crippen LogP contribution in [-0.4, -0.2) is 63.5 Å². The number of rotatable bonds is 4. The number of amides is 2. The highest BCUT2D eigenvalue weighted by atomic mass is 19.1. The number of pyridine rings is 1. The van der Waals surface area contributed by atoms with Gasteiger partial charge in [0.05, 0.1) is 18.7 Å². The Balaban J connectivity index is 1.40. The fraction of sp³-hybridized carbons (Fsp3) is 0.240. The quantitative estimate of drug-likeness (QED) is 0.690. The molecule has 2 saturated heterocycles. The zero-order valence-corrected chi connectivity index (χ0v) is 17.3. The van der Waals surface area contributed by atoms with Crippen LogP contribution in [0.25, 0.3) is 11.1 Å². The van der Waals surface area contributed by atoms with E-state index in [4.69, 9.17) is 0 Å². The molecule has 2 aliphatic rings. The third-order valence-corrected chi connectivity index (χ3v) is 6.45. The first-order valence-corrected chi connectivity index (χ1v) is 10.5. The van der Waals surface area contributed by atoms with Gasteiger partial charge in [-0.2, -0.15) is 0 Å². The monoisotopic (exact) mass is 431 g/mol. The summed E-state index contributed by atoms with van der Waals surface area (Å²) in [6, 6.07) is 16.9. The molecule has 5 rings (SSSR count). The Bertz CT molecular complexity index is 1150.